The smallest absolute Gasteiger partial charge is 0.306 e. The number of rotatable bonds is 8. The Kier molecular flexibility index (Phi) is 5.72. The lowest BCUT2D eigenvalue weighted by atomic mass is 10.3. The number of sulfonamides is 1. The molecule has 1 aromatic heterocycles. The van der Waals surface area contributed by atoms with Gasteiger partial charge < -0.3 is 13.9 Å². The van der Waals surface area contributed by atoms with Crippen molar-refractivity contribution < 1.29 is 27.1 Å². The minimum Gasteiger partial charge on any atom is -0.490 e. The maximum Gasteiger partial charge on any atom is 0.306 e. The molecule has 0 atom stereocenters. The predicted octanol–water partition coefficient (Wildman–Crippen LogP) is 2.03. The summed E-state index contributed by atoms with van der Waals surface area (Å²) in [7, 11) is -3.73. The Morgan fingerprint density at radius 3 is 2.52 bits per heavy atom. The van der Waals surface area contributed by atoms with E-state index in [0.717, 1.165) is 5.52 Å². The molecule has 0 amide bonds. The lowest BCUT2D eigenvalue weighted by Gasteiger charge is -2.07. The van der Waals surface area contributed by atoms with Gasteiger partial charge in [0, 0.05) is 6.42 Å². The minimum absolute atomic E-state index is 0.000439. The van der Waals surface area contributed by atoms with Crippen LogP contribution in [-0.4, -0.2) is 32.6 Å². The molecular formula is C18H18N2O6S. The Bertz CT molecular complexity index is 994. The summed E-state index contributed by atoms with van der Waals surface area (Å²) in [6, 6.07) is 13.0. The lowest BCUT2D eigenvalue weighted by Crippen LogP contribution is -2.13. The molecule has 1 heterocycles. The van der Waals surface area contributed by atoms with E-state index < -0.39 is 10.0 Å². The average molecular weight is 390 g/mol. The Morgan fingerprint density at radius 2 is 1.81 bits per heavy atom. The highest BCUT2D eigenvalue weighted by Gasteiger charge is 2.10. The van der Waals surface area contributed by atoms with Crippen LogP contribution in [0.4, 0.5) is 0 Å². The van der Waals surface area contributed by atoms with Gasteiger partial charge in [-0.2, -0.15) is 0 Å². The van der Waals surface area contributed by atoms with Crippen molar-refractivity contribution in [2.24, 2.45) is 5.14 Å². The predicted molar refractivity (Wildman–Crippen MR) is 96.6 cm³/mol. The van der Waals surface area contributed by atoms with Gasteiger partial charge in [-0.1, -0.05) is 12.1 Å². The minimum atomic E-state index is -3.73. The summed E-state index contributed by atoms with van der Waals surface area (Å²) >= 11 is 0. The third-order valence-electron chi connectivity index (χ3n) is 3.65. The first kappa shape index (κ1) is 18.9. The molecule has 0 saturated heterocycles. The van der Waals surface area contributed by atoms with Crippen LogP contribution < -0.4 is 9.88 Å². The van der Waals surface area contributed by atoms with E-state index in [9.17, 15) is 13.2 Å². The van der Waals surface area contributed by atoms with Crippen LogP contribution in [0.25, 0.3) is 11.1 Å². The normalized spacial score (nSPS) is 11.4. The van der Waals surface area contributed by atoms with Crippen molar-refractivity contribution in [3.63, 3.8) is 0 Å². The largest absolute Gasteiger partial charge is 0.490 e. The van der Waals surface area contributed by atoms with Crippen molar-refractivity contribution >= 4 is 27.1 Å². The van der Waals surface area contributed by atoms with E-state index in [1.807, 2.05) is 24.3 Å². The molecule has 0 aliphatic heterocycles. The number of hydrogen-bond acceptors (Lipinski definition) is 7. The monoisotopic (exact) mass is 390 g/mol. The summed E-state index contributed by atoms with van der Waals surface area (Å²) in [4.78, 5) is 16.1. The SMILES string of the molecule is NS(=O)(=O)c1ccc(OCCOC(=O)CCc2nc3ccccc3o2)cc1. The molecule has 0 saturated carbocycles. The molecule has 2 aromatic carbocycles. The van der Waals surface area contributed by atoms with E-state index in [2.05, 4.69) is 4.98 Å². The second-order valence-corrected chi connectivity index (χ2v) is 7.22. The Hall–Kier alpha value is -2.91. The number of hydrogen-bond donors (Lipinski definition) is 1. The molecule has 3 rings (SSSR count). The molecular weight excluding hydrogens is 372 g/mol. The standard InChI is InChI=1S/C18H18N2O6S/c19-27(22,23)14-7-5-13(6-8-14)24-11-12-25-18(21)10-9-17-20-15-3-1-2-4-16(15)26-17/h1-8H,9-12H2,(H2,19,22,23). The van der Waals surface area contributed by atoms with Gasteiger partial charge in [-0.25, -0.2) is 18.5 Å². The van der Waals surface area contributed by atoms with Crippen molar-refractivity contribution in [1.29, 1.82) is 0 Å². The zero-order valence-electron chi connectivity index (χ0n) is 14.3. The number of nitrogens with two attached hydrogens (primary N) is 1. The molecule has 8 nitrogen and oxygen atoms in total. The Labute approximate surface area is 155 Å². The van der Waals surface area contributed by atoms with Crippen molar-refractivity contribution in [2.45, 2.75) is 17.7 Å². The number of esters is 1. The highest BCUT2D eigenvalue weighted by atomic mass is 32.2. The molecule has 2 N–H and O–H groups in total. The number of para-hydroxylation sites is 2. The van der Waals surface area contributed by atoms with Crippen LogP contribution in [0.3, 0.4) is 0 Å². The van der Waals surface area contributed by atoms with Gasteiger partial charge in [0.15, 0.2) is 11.5 Å². The second kappa shape index (κ2) is 8.19. The van der Waals surface area contributed by atoms with Crippen LogP contribution in [-0.2, 0) is 26.0 Å². The molecule has 0 spiro atoms. The zero-order chi connectivity index (χ0) is 19.3. The number of primary sulfonamides is 1. The summed E-state index contributed by atoms with van der Waals surface area (Å²) in [5.41, 5.74) is 1.44. The fourth-order valence-corrected chi connectivity index (χ4v) is 2.86. The first-order valence-electron chi connectivity index (χ1n) is 8.17. The highest BCUT2D eigenvalue weighted by molar-refractivity contribution is 7.89. The first-order chi connectivity index (χ1) is 12.9. The fourth-order valence-electron chi connectivity index (χ4n) is 2.35. The number of aromatic nitrogens is 1. The average Bonchev–Trinajstić information content (AvgIpc) is 3.06. The number of benzene rings is 2. The third kappa shape index (κ3) is 5.28. The van der Waals surface area contributed by atoms with Crippen LogP contribution in [0.1, 0.15) is 12.3 Å². The lowest BCUT2D eigenvalue weighted by molar-refractivity contribution is -0.144. The van der Waals surface area contributed by atoms with Gasteiger partial charge in [0.05, 0.1) is 11.3 Å². The van der Waals surface area contributed by atoms with Crippen LogP contribution in [0, 0.1) is 0 Å². The van der Waals surface area contributed by atoms with E-state index in [1.54, 1.807) is 0 Å². The number of carbonyl (C=O) groups is 1. The summed E-state index contributed by atoms with van der Waals surface area (Å²) in [5, 5.41) is 5.02. The van der Waals surface area contributed by atoms with Gasteiger partial charge in [-0.05, 0) is 36.4 Å². The highest BCUT2D eigenvalue weighted by Crippen LogP contribution is 2.16. The molecule has 3 aromatic rings. The third-order valence-corrected chi connectivity index (χ3v) is 4.58. The maximum atomic E-state index is 11.8. The van der Waals surface area contributed by atoms with Gasteiger partial charge in [0.25, 0.3) is 0 Å². The topological polar surface area (TPSA) is 122 Å². The molecule has 0 aliphatic carbocycles. The Balaban J connectivity index is 1.38. The van der Waals surface area contributed by atoms with E-state index in [1.165, 1.54) is 24.3 Å². The number of nitrogens with zero attached hydrogens (tertiary/aromatic N) is 1. The van der Waals surface area contributed by atoms with E-state index in [-0.39, 0.29) is 30.5 Å². The number of oxazole rings is 1. The van der Waals surface area contributed by atoms with Crippen LogP contribution in [0.2, 0.25) is 0 Å². The van der Waals surface area contributed by atoms with Crippen molar-refractivity contribution in [3.8, 4) is 5.75 Å². The quantitative estimate of drug-likeness (QED) is 0.461. The van der Waals surface area contributed by atoms with Crippen molar-refractivity contribution in [3.05, 3.63) is 54.4 Å². The molecule has 142 valence electrons. The van der Waals surface area contributed by atoms with E-state index in [0.29, 0.717) is 23.6 Å². The molecule has 0 radical (unpaired) electrons. The van der Waals surface area contributed by atoms with Crippen LogP contribution >= 0.6 is 0 Å². The van der Waals surface area contributed by atoms with Gasteiger partial charge in [0.1, 0.15) is 24.5 Å². The second-order valence-electron chi connectivity index (χ2n) is 5.66. The number of fused-ring (bicyclic) bond motifs is 1. The van der Waals surface area contributed by atoms with Crippen LogP contribution in [0.15, 0.2) is 57.8 Å². The van der Waals surface area contributed by atoms with Crippen LogP contribution in [0.5, 0.6) is 5.75 Å². The molecule has 0 aliphatic rings. The Morgan fingerprint density at radius 1 is 1.07 bits per heavy atom. The molecule has 0 fully saturated rings. The number of carbonyl (C=O) groups excluding carboxylic acids is 1. The molecule has 9 heteroatoms. The molecule has 0 unspecified atom stereocenters. The van der Waals surface area contributed by atoms with Gasteiger partial charge in [-0.15, -0.1) is 0 Å². The van der Waals surface area contributed by atoms with Gasteiger partial charge in [-0.3, -0.25) is 4.79 Å². The van der Waals surface area contributed by atoms with Gasteiger partial charge in [0.2, 0.25) is 10.0 Å². The summed E-state index contributed by atoms with van der Waals surface area (Å²) in [6.45, 7) is 0.215. The molecule has 27 heavy (non-hydrogen) atoms. The molecule has 0 bridgehead atoms. The first-order valence-corrected chi connectivity index (χ1v) is 9.72. The van der Waals surface area contributed by atoms with Crippen molar-refractivity contribution in [1.82, 2.24) is 4.98 Å². The number of ether oxygens (including phenoxy) is 2. The summed E-state index contributed by atoms with van der Waals surface area (Å²) in [6.07, 6.45) is 0.499. The summed E-state index contributed by atoms with van der Waals surface area (Å²) in [5.74, 6) is 0.551. The van der Waals surface area contributed by atoms with Gasteiger partial charge >= 0.3 is 5.97 Å². The number of aryl methyl sites for hydroxylation is 1. The zero-order valence-corrected chi connectivity index (χ0v) is 15.1. The maximum absolute atomic E-state index is 11.8. The van der Waals surface area contributed by atoms with E-state index in [4.69, 9.17) is 19.0 Å². The summed E-state index contributed by atoms with van der Waals surface area (Å²) < 4.78 is 38.3. The fraction of sp³-hybridized carbons (Fsp3) is 0.222. The van der Waals surface area contributed by atoms with E-state index >= 15 is 0 Å². The van der Waals surface area contributed by atoms with Crippen molar-refractivity contribution in [2.75, 3.05) is 13.2 Å².